The lowest BCUT2D eigenvalue weighted by Crippen LogP contribution is -2.44. The van der Waals surface area contributed by atoms with Crippen LogP contribution in [0.4, 0.5) is 0 Å². The zero-order valence-corrected chi connectivity index (χ0v) is 12.9. The van der Waals surface area contributed by atoms with Gasteiger partial charge in [0.1, 0.15) is 11.9 Å². The topological polar surface area (TPSA) is 41.6 Å². The molecule has 0 bridgehead atoms. The van der Waals surface area contributed by atoms with E-state index in [0.29, 0.717) is 0 Å². The van der Waals surface area contributed by atoms with Gasteiger partial charge in [0, 0.05) is 6.54 Å². The molecule has 2 fully saturated rings. The van der Waals surface area contributed by atoms with Crippen LogP contribution in [0.3, 0.4) is 0 Å². The maximum Gasteiger partial charge on any atom is 0.244 e. The van der Waals surface area contributed by atoms with Crippen molar-refractivity contribution in [1.82, 2.24) is 10.2 Å². The summed E-state index contributed by atoms with van der Waals surface area (Å²) in [4.78, 5) is 14.9. The van der Waals surface area contributed by atoms with Crippen molar-refractivity contribution >= 4 is 5.91 Å². The van der Waals surface area contributed by atoms with Crippen LogP contribution in [0.5, 0.6) is 5.75 Å². The van der Waals surface area contributed by atoms with Crippen molar-refractivity contribution in [2.45, 2.75) is 50.7 Å². The number of hydrogen-bond donors (Lipinski definition) is 1. The summed E-state index contributed by atoms with van der Waals surface area (Å²) < 4.78 is 5.32. The number of hydrogen-bond acceptors (Lipinski definition) is 3. The number of methoxy groups -OCH3 is 1. The van der Waals surface area contributed by atoms with Gasteiger partial charge in [-0.3, -0.25) is 10.1 Å². The zero-order valence-electron chi connectivity index (χ0n) is 12.9. The number of carbonyl (C=O) groups excluding carboxylic acids is 1. The molecule has 4 nitrogen and oxygen atoms in total. The lowest BCUT2D eigenvalue weighted by molar-refractivity contribution is -0.133. The molecule has 1 aromatic carbocycles. The fourth-order valence-corrected chi connectivity index (χ4v) is 3.68. The summed E-state index contributed by atoms with van der Waals surface area (Å²) >= 11 is 0. The van der Waals surface area contributed by atoms with Crippen LogP contribution in [0, 0.1) is 0 Å². The Balaban J connectivity index is 1.93. The Kier molecular flexibility index (Phi) is 3.89. The zero-order chi connectivity index (χ0) is 14.9. The van der Waals surface area contributed by atoms with E-state index in [9.17, 15) is 4.79 Å². The molecule has 1 aliphatic heterocycles. The van der Waals surface area contributed by atoms with Crippen LogP contribution in [0.25, 0.3) is 0 Å². The SMILES string of the molecule is CCCN1C(=O)C2(CCCC2)NC1c1cccc(OC)c1. The molecule has 1 amide bonds. The van der Waals surface area contributed by atoms with Gasteiger partial charge in [-0.15, -0.1) is 0 Å². The second-order valence-electron chi connectivity index (χ2n) is 6.11. The van der Waals surface area contributed by atoms with Crippen molar-refractivity contribution in [3.05, 3.63) is 29.8 Å². The number of carbonyl (C=O) groups is 1. The summed E-state index contributed by atoms with van der Waals surface area (Å²) in [7, 11) is 1.68. The van der Waals surface area contributed by atoms with Gasteiger partial charge in [0.2, 0.25) is 5.91 Å². The van der Waals surface area contributed by atoms with E-state index in [1.807, 2.05) is 23.1 Å². The predicted octanol–water partition coefficient (Wildman–Crippen LogP) is 2.85. The quantitative estimate of drug-likeness (QED) is 0.926. The smallest absolute Gasteiger partial charge is 0.244 e. The van der Waals surface area contributed by atoms with E-state index >= 15 is 0 Å². The minimum absolute atomic E-state index is 0.0225. The van der Waals surface area contributed by atoms with Gasteiger partial charge in [-0.25, -0.2) is 0 Å². The maximum absolute atomic E-state index is 12.9. The molecular weight excluding hydrogens is 264 g/mol. The third-order valence-corrected chi connectivity index (χ3v) is 4.73. The van der Waals surface area contributed by atoms with Crippen molar-refractivity contribution in [2.75, 3.05) is 13.7 Å². The van der Waals surface area contributed by atoms with E-state index in [-0.39, 0.29) is 17.6 Å². The second-order valence-corrected chi connectivity index (χ2v) is 6.11. The average Bonchev–Trinajstić information content (AvgIpc) is 3.09. The summed E-state index contributed by atoms with van der Waals surface area (Å²) in [5, 5.41) is 3.64. The van der Waals surface area contributed by atoms with E-state index in [0.717, 1.165) is 50.0 Å². The molecule has 2 aliphatic rings. The van der Waals surface area contributed by atoms with E-state index < -0.39 is 0 Å². The Morgan fingerprint density at radius 3 is 2.81 bits per heavy atom. The Bertz CT molecular complexity index is 523. The number of rotatable bonds is 4. The highest BCUT2D eigenvalue weighted by atomic mass is 16.5. The molecule has 1 aliphatic carbocycles. The fraction of sp³-hybridized carbons (Fsp3) is 0.588. The van der Waals surface area contributed by atoms with Gasteiger partial charge in [0.25, 0.3) is 0 Å². The molecule has 1 spiro atoms. The van der Waals surface area contributed by atoms with Crippen molar-refractivity contribution in [3.8, 4) is 5.75 Å². The molecule has 0 radical (unpaired) electrons. The predicted molar refractivity (Wildman–Crippen MR) is 82.1 cm³/mol. The lowest BCUT2D eigenvalue weighted by Gasteiger charge is -2.24. The van der Waals surface area contributed by atoms with Crippen LogP contribution >= 0.6 is 0 Å². The molecule has 114 valence electrons. The highest BCUT2D eigenvalue weighted by Gasteiger charge is 2.52. The first-order valence-electron chi connectivity index (χ1n) is 7.93. The first-order chi connectivity index (χ1) is 10.2. The first-order valence-corrected chi connectivity index (χ1v) is 7.93. The summed E-state index contributed by atoms with van der Waals surface area (Å²) in [5.74, 6) is 1.13. The minimum Gasteiger partial charge on any atom is -0.497 e. The van der Waals surface area contributed by atoms with Crippen LogP contribution in [0.2, 0.25) is 0 Å². The summed E-state index contributed by atoms with van der Waals surface area (Å²) in [6.45, 7) is 2.92. The molecule has 21 heavy (non-hydrogen) atoms. The van der Waals surface area contributed by atoms with Gasteiger partial charge in [0.15, 0.2) is 0 Å². The maximum atomic E-state index is 12.9. The van der Waals surface area contributed by atoms with E-state index in [1.54, 1.807) is 7.11 Å². The normalized spacial score (nSPS) is 24.0. The summed E-state index contributed by atoms with van der Waals surface area (Å²) in [6, 6.07) is 8.03. The Morgan fingerprint density at radius 1 is 1.38 bits per heavy atom. The number of amides is 1. The molecule has 1 saturated carbocycles. The van der Waals surface area contributed by atoms with E-state index in [4.69, 9.17) is 4.74 Å². The number of nitrogens with one attached hydrogen (secondary N) is 1. The largest absolute Gasteiger partial charge is 0.497 e. The Morgan fingerprint density at radius 2 is 2.14 bits per heavy atom. The van der Waals surface area contributed by atoms with Crippen LogP contribution in [0.1, 0.15) is 50.8 Å². The fourth-order valence-electron chi connectivity index (χ4n) is 3.68. The van der Waals surface area contributed by atoms with Crippen LogP contribution < -0.4 is 10.1 Å². The van der Waals surface area contributed by atoms with Gasteiger partial charge >= 0.3 is 0 Å². The summed E-state index contributed by atoms with van der Waals surface area (Å²) in [6.07, 6.45) is 5.17. The third-order valence-electron chi connectivity index (χ3n) is 4.73. The molecule has 1 atom stereocenters. The van der Waals surface area contributed by atoms with E-state index in [2.05, 4.69) is 18.3 Å². The average molecular weight is 288 g/mol. The van der Waals surface area contributed by atoms with Gasteiger partial charge in [-0.1, -0.05) is 31.9 Å². The van der Waals surface area contributed by atoms with E-state index in [1.165, 1.54) is 0 Å². The molecule has 1 unspecified atom stereocenters. The second kappa shape index (κ2) is 5.68. The number of benzene rings is 1. The number of nitrogens with zero attached hydrogens (tertiary/aromatic N) is 1. The molecular formula is C17H24N2O2. The molecule has 1 saturated heterocycles. The molecule has 3 rings (SSSR count). The highest BCUT2D eigenvalue weighted by molar-refractivity contribution is 5.89. The highest BCUT2D eigenvalue weighted by Crippen LogP contribution is 2.41. The molecule has 1 aromatic rings. The van der Waals surface area contributed by atoms with Crippen LogP contribution in [-0.2, 0) is 4.79 Å². The van der Waals surface area contributed by atoms with Gasteiger partial charge in [0.05, 0.1) is 12.6 Å². The first kappa shape index (κ1) is 14.4. The van der Waals surface area contributed by atoms with Gasteiger partial charge < -0.3 is 9.64 Å². The molecule has 1 N–H and O–H groups in total. The molecule has 1 heterocycles. The Labute approximate surface area is 126 Å². The van der Waals surface area contributed by atoms with Crippen molar-refractivity contribution in [3.63, 3.8) is 0 Å². The molecule has 4 heteroatoms. The minimum atomic E-state index is -0.317. The standard InChI is InChI=1S/C17H24N2O2/c1-3-11-19-15(13-7-6-8-14(12-13)21-2)18-17(16(19)20)9-4-5-10-17/h6-8,12,15,18H,3-5,9-11H2,1-2H3. The van der Waals surface area contributed by atoms with Crippen LogP contribution in [0.15, 0.2) is 24.3 Å². The molecule has 0 aromatic heterocycles. The van der Waals surface area contributed by atoms with Gasteiger partial charge in [-0.2, -0.15) is 0 Å². The van der Waals surface area contributed by atoms with Crippen molar-refractivity contribution in [2.24, 2.45) is 0 Å². The summed E-state index contributed by atoms with van der Waals surface area (Å²) in [5.41, 5.74) is 0.794. The number of ether oxygens (including phenoxy) is 1. The van der Waals surface area contributed by atoms with Gasteiger partial charge in [-0.05, 0) is 37.0 Å². The monoisotopic (exact) mass is 288 g/mol. The van der Waals surface area contributed by atoms with Crippen LogP contribution in [-0.4, -0.2) is 30.0 Å². The van der Waals surface area contributed by atoms with Crippen molar-refractivity contribution in [1.29, 1.82) is 0 Å². The third kappa shape index (κ3) is 2.42. The Hall–Kier alpha value is -1.55. The lowest BCUT2D eigenvalue weighted by atomic mass is 9.98. The van der Waals surface area contributed by atoms with Crippen molar-refractivity contribution < 1.29 is 9.53 Å².